The smallest absolute Gasteiger partial charge is 0.274 e. The molecule has 2 heterocycles. The fourth-order valence-electron chi connectivity index (χ4n) is 2.75. The number of rotatable bonds is 3. The standard InChI is InChI=1S/C16H19FN4O3S/c1-11-9-13(3-4-14(11)17)25(23,24)21-7-5-20(6-8-21)16(22)15-10-12(2)18-19-15/h3-4,9-10H,5-8H2,1-2H3,(H,18,19). The number of aromatic nitrogens is 2. The number of aromatic amines is 1. The molecule has 0 radical (unpaired) electrons. The topological polar surface area (TPSA) is 86.4 Å². The average molecular weight is 366 g/mol. The summed E-state index contributed by atoms with van der Waals surface area (Å²) in [5, 5.41) is 6.66. The Balaban J connectivity index is 1.71. The van der Waals surface area contributed by atoms with Crippen molar-refractivity contribution in [1.29, 1.82) is 0 Å². The molecule has 0 aliphatic carbocycles. The van der Waals surface area contributed by atoms with Crippen molar-refractivity contribution in [1.82, 2.24) is 19.4 Å². The molecule has 1 saturated heterocycles. The van der Waals surface area contributed by atoms with Crippen LogP contribution in [-0.4, -0.2) is 59.9 Å². The summed E-state index contributed by atoms with van der Waals surface area (Å²) in [7, 11) is -3.70. The van der Waals surface area contributed by atoms with Crippen molar-refractivity contribution in [2.24, 2.45) is 0 Å². The number of halogens is 1. The third-order valence-electron chi connectivity index (χ3n) is 4.22. The quantitative estimate of drug-likeness (QED) is 0.887. The maximum atomic E-state index is 13.4. The van der Waals surface area contributed by atoms with Gasteiger partial charge in [-0.1, -0.05) is 0 Å². The summed E-state index contributed by atoms with van der Waals surface area (Å²) in [5.74, 6) is -0.664. The molecule has 1 aliphatic heterocycles. The van der Waals surface area contributed by atoms with Gasteiger partial charge in [0.05, 0.1) is 4.90 Å². The van der Waals surface area contributed by atoms with E-state index in [9.17, 15) is 17.6 Å². The minimum Gasteiger partial charge on any atom is -0.335 e. The predicted molar refractivity (Wildman–Crippen MR) is 89.1 cm³/mol. The first-order valence-corrected chi connectivity index (χ1v) is 9.30. The van der Waals surface area contributed by atoms with Crippen LogP contribution in [0.3, 0.4) is 0 Å². The summed E-state index contributed by atoms with van der Waals surface area (Å²) >= 11 is 0. The monoisotopic (exact) mass is 366 g/mol. The van der Waals surface area contributed by atoms with Crippen LogP contribution in [0.25, 0.3) is 0 Å². The SMILES string of the molecule is Cc1cc(C(=O)N2CCN(S(=O)(=O)c3ccc(F)c(C)c3)CC2)n[nH]1. The molecule has 7 nitrogen and oxygen atoms in total. The Morgan fingerprint density at radius 3 is 2.40 bits per heavy atom. The number of hydrogen-bond acceptors (Lipinski definition) is 4. The molecule has 1 aliphatic rings. The van der Waals surface area contributed by atoms with Gasteiger partial charge in [0.2, 0.25) is 10.0 Å². The van der Waals surface area contributed by atoms with Crippen LogP contribution >= 0.6 is 0 Å². The molecule has 0 saturated carbocycles. The number of hydrogen-bond donors (Lipinski definition) is 1. The van der Waals surface area contributed by atoms with Gasteiger partial charge in [-0.05, 0) is 43.7 Å². The summed E-state index contributed by atoms with van der Waals surface area (Å²) in [6.07, 6.45) is 0. The van der Waals surface area contributed by atoms with Crippen molar-refractivity contribution < 1.29 is 17.6 Å². The highest BCUT2D eigenvalue weighted by molar-refractivity contribution is 7.89. The van der Waals surface area contributed by atoms with Gasteiger partial charge in [0, 0.05) is 31.9 Å². The Labute approximate surface area is 145 Å². The lowest BCUT2D eigenvalue weighted by Crippen LogP contribution is -2.50. The molecule has 25 heavy (non-hydrogen) atoms. The molecule has 1 amide bonds. The second-order valence-electron chi connectivity index (χ2n) is 6.04. The number of nitrogens with one attached hydrogen (secondary N) is 1. The van der Waals surface area contributed by atoms with Gasteiger partial charge >= 0.3 is 0 Å². The number of H-pyrrole nitrogens is 1. The van der Waals surface area contributed by atoms with Gasteiger partial charge in [-0.15, -0.1) is 0 Å². The summed E-state index contributed by atoms with van der Waals surface area (Å²) in [6, 6.07) is 5.41. The van der Waals surface area contributed by atoms with E-state index in [1.54, 1.807) is 17.9 Å². The van der Waals surface area contributed by atoms with Crippen molar-refractivity contribution in [3.05, 3.63) is 47.0 Å². The van der Waals surface area contributed by atoms with E-state index in [4.69, 9.17) is 0 Å². The number of piperazine rings is 1. The maximum absolute atomic E-state index is 13.4. The number of carbonyl (C=O) groups excluding carboxylic acids is 1. The molecular formula is C16H19FN4O3S. The molecule has 0 spiro atoms. The minimum atomic E-state index is -3.70. The third kappa shape index (κ3) is 3.42. The van der Waals surface area contributed by atoms with Crippen molar-refractivity contribution in [3.8, 4) is 0 Å². The van der Waals surface area contributed by atoms with Gasteiger partial charge in [0.25, 0.3) is 5.91 Å². The number of nitrogens with zero attached hydrogens (tertiary/aromatic N) is 3. The van der Waals surface area contributed by atoms with Crippen LogP contribution in [0.2, 0.25) is 0 Å². The zero-order valence-electron chi connectivity index (χ0n) is 14.0. The fourth-order valence-corrected chi connectivity index (χ4v) is 4.26. The van der Waals surface area contributed by atoms with Gasteiger partial charge in [0.15, 0.2) is 0 Å². The van der Waals surface area contributed by atoms with Crippen molar-refractivity contribution >= 4 is 15.9 Å². The van der Waals surface area contributed by atoms with Crippen molar-refractivity contribution in [3.63, 3.8) is 0 Å². The number of amides is 1. The highest BCUT2D eigenvalue weighted by atomic mass is 32.2. The first-order valence-electron chi connectivity index (χ1n) is 7.86. The van der Waals surface area contributed by atoms with Gasteiger partial charge in [-0.2, -0.15) is 9.40 Å². The Morgan fingerprint density at radius 1 is 1.16 bits per heavy atom. The normalized spacial score (nSPS) is 16.2. The van der Waals surface area contributed by atoms with Crippen LogP contribution in [0.4, 0.5) is 4.39 Å². The number of aryl methyl sites for hydroxylation is 2. The zero-order valence-corrected chi connectivity index (χ0v) is 14.8. The molecule has 1 N–H and O–H groups in total. The lowest BCUT2D eigenvalue weighted by atomic mass is 10.2. The maximum Gasteiger partial charge on any atom is 0.274 e. The van der Waals surface area contributed by atoms with Gasteiger partial charge in [-0.3, -0.25) is 9.89 Å². The van der Waals surface area contributed by atoms with Crippen molar-refractivity contribution in [2.75, 3.05) is 26.2 Å². The second kappa shape index (κ2) is 6.57. The Hall–Kier alpha value is -2.26. The minimum absolute atomic E-state index is 0.0640. The van der Waals surface area contributed by atoms with E-state index in [-0.39, 0.29) is 42.5 Å². The van der Waals surface area contributed by atoms with Crippen LogP contribution in [0.15, 0.2) is 29.2 Å². The van der Waals surface area contributed by atoms with E-state index in [1.807, 2.05) is 0 Å². The van der Waals surface area contributed by atoms with Gasteiger partial charge in [0.1, 0.15) is 11.5 Å². The van der Waals surface area contributed by atoms with Crippen molar-refractivity contribution in [2.45, 2.75) is 18.7 Å². The fraction of sp³-hybridized carbons (Fsp3) is 0.375. The molecular weight excluding hydrogens is 347 g/mol. The largest absolute Gasteiger partial charge is 0.335 e. The molecule has 0 atom stereocenters. The Bertz CT molecular complexity index is 902. The van der Waals surface area contributed by atoms with E-state index in [2.05, 4.69) is 10.2 Å². The third-order valence-corrected chi connectivity index (χ3v) is 6.11. The van der Waals surface area contributed by atoms with Gasteiger partial charge in [-0.25, -0.2) is 12.8 Å². The summed E-state index contributed by atoms with van der Waals surface area (Å²) in [6.45, 7) is 4.27. The van der Waals surface area contributed by atoms with Gasteiger partial charge < -0.3 is 4.90 Å². The first-order chi connectivity index (χ1) is 11.8. The summed E-state index contributed by atoms with van der Waals surface area (Å²) < 4.78 is 40.1. The molecule has 3 rings (SSSR count). The highest BCUT2D eigenvalue weighted by Crippen LogP contribution is 2.20. The molecule has 1 fully saturated rings. The van der Waals surface area contributed by atoms with E-state index in [0.717, 1.165) is 11.8 Å². The van der Waals surface area contributed by atoms with Crippen LogP contribution < -0.4 is 0 Å². The number of benzene rings is 1. The molecule has 9 heteroatoms. The van der Waals surface area contributed by atoms with Crippen LogP contribution in [0.1, 0.15) is 21.7 Å². The first kappa shape index (κ1) is 17.6. The van der Waals surface area contributed by atoms with E-state index >= 15 is 0 Å². The molecule has 134 valence electrons. The van der Waals surface area contributed by atoms with Crippen LogP contribution in [0.5, 0.6) is 0 Å². The Kier molecular flexibility index (Phi) is 4.61. The average Bonchev–Trinajstić information content (AvgIpc) is 3.03. The zero-order chi connectivity index (χ0) is 18.2. The molecule has 0 unspecified atom stereocenters. The van der Waals surface area contributed by atoms with Crippen LogP contribution in [-0.2, 0) is 10.0 Å². The molecule has 1 aromatic carbocycles. The predicted octanol–water partition coefficient (Wildman–Crippen LogP) is 1.31. The lowest BCUT2D eigenvalue weighted by molar-refractivity contribution is 0.0692. The number of sulfonamides is 1. The molecule has 0 bridgehead atoms. The summed E-state index contributed by atoms with van der Waals surface area (Å²) in [5.41, 5.74) is 1.39. The van der Waals surface area contributed by atoms with E-state index in [0.29, 0.717) is 5.69 Å². The van der Waals surface area contributed by atoms with E-state index in [1.165, 1.54) is 23.4 Å². The molecule has 1 aromatic heterocycles. The summed E-state index contributed by atoms with van der Waals surface area (Å²) in [4.78, 5) is 14.0. The highest BCUT2D eigenvalue weighted by Gasteiger charge is 2.31. The Morgan fingerprint density at radius 2 is 1.84 bits per heavy atom. The number of carbonyl (C=O) groups is 1. The van der Waals surface area contributed by atoms with Crippen LogP contribution in [0, 0.1) is 19.7 Å². The lowest BCUT2D eigenvalue weighted by Gasteiger charge is -2.33. The second-order valence-corrected chi connectivity index (χ2v) is 7.98. The van der Waals surface area contributed by atoms with E-state index < -0.39 is 15.8 Å². The molecule has 2 aromatic rings.